The van der Waals surface area contributed by atoms with E-state index in [0.29, 0.717) is 35.4 Å². The van der Waals surface area contributed by atoms with Gasteiger partial charge in [0.05, 0.1) is 10.6 Å². The third-order valence-electron chi connectivity index (χ3n) is 5.93. The first-order valence-corrected chi connectivity index (χ1v) is 13.8. The summed E-state index contributed by atoms with van der Waals surface area (Å²) in [6, 6.07) is 5.93. The third kappa shape index (κ3) is 5.98. The largest absolute Gasteiger partial charge is 0.476 e. The molecule has 0 bridgehead atoms. The van der Waals surface area contributed by atoms with Crippen molar-refractivity contribution in [1.29, 1.82) is 0 Å². The number of benzene rings is 2. The predicted octanol–water partition coefficient (Wildman–Crippen LogP) is 5.16. The number of likely N-dealkylation sites (N-methyl/N-ethyl adjacent to an activating group) is 1. The van der Waals surface area contributed by atoms with Gasteiger partial charge in [-0.05, 0) is 36.4 Å². The van der Waals surface area contributed by atoms with Gasteiger partial charge in [-0.25, -0.2) is 22.0 Å². The van der Waals surface area contributed by atoms with Crippen LogP contribution in [0, 0.1) is 11.6 Å². The second kappa shape index (κ2) is 11.6. The minimum atomic E-state index is -4.04. The Balaban J connectivity index is 2.16. The predicted molar refractivity (Wildman–Crippen MR) is 131 cm³/mol. The van der Waals surface area contributed by atoms with E-state index in [0.717, 1.165) is 25.0 Å². The zero-order chi connectivity index (χ0) is 26.6. The Morgan fingerprint density at radius 1 is 1.25 bits per heavy atom. The lowest BCUT2D eigenvalue weighted by Crippen LogP contribution is -2.41. The van der Waals surface area contributed by atoms with Crippen LogP contribution in [0.3, 0.4) is 0 Å². The number of halogens is 3. The fourth-order valence-corrected chi connectivity index (χ4v) is 6.06. The highest BCUT2D eigenvalue weighted by Gasteiger charge is 2.37. The lowest BCUT2D eigenvalue weighted by atomic mass is 10.1. The molecule has 0 amide bonds. The molecular weight excluding hydrogens is 517 g/mol. The Morgan fingerprint density at radius 3 is 2.58 bits per heavy atom. The minimum Gasteiger partial charge on any atom is -0.476 e. The number of nitrogens with zero attached hydrogens (tertiary/aromatic N) is 2. The summed E-state index contributed by atoms with van der Waals surface area (Å²) in [7, 11) is -2.56. The van der Waals surface area contributed by atoms with Crippen molar-refractivity contribution >= 4 is 33.4 Å². The van der Waals surface area contributed by atoms with E-state index >= 15 is 0 Å². The first kappa shape index (κ1) is 27.9. The fraction of sp³-hybridized carbons (Fsp3) is 0.375. The summed E-state index contributed by atoms with van der Waals surface area (Å²) in [5.41, 5.74) is 0.776. The average Bonchev–Trinajstić information content (AvgIpc) is 2.91. The SMILES string of the molecule is CCCCC1CN(Cc2ccc(F)c(F)c2)c2cc(SC)c(O/C=C(\F)C(=O)O)cc2S(=O)(=O)N1C. The highest BCUT2D eigenvalue weighted by molar-refractivity contribution is 7.98. The molecule has 1 atom stereocenters. The molecular formula is C24H27F3N2O5S2. The molecule has 0 fully saturated rings. The fourth-order valence-electron chi connectivity index (χ4n) is 3.94. The van der Waals surface area contributed by atoms with Crippen molar-refractivity contribution in [3.05, 3.63) is 59.6 Å². The van der Waals surface area contributed by atoms with E-state index in [-0.39, 0.29) is 17.2 Å². The molecule has 1 aliphatic rings. The lowest BCUT2D eigenvalue weighted by molar-refractivity contribution is -0.134. The van der Waals surface area contributed by atoms with E-state index in [4.69, 9.17) is 9.84 Å². The van der Waals surface area contributed by atoms with Crippen molar-refractivity contribution in [2.75, 3.05) is 24.7 Å². The molecule has 0 spiro atoms. The summed E-state index contributed by atoms with van der Waals surface area (Å²) in [5, 5.41) is 8.76. The molecule has 0 aromatic heterocycles. The van der Waals surface area contributed by atoms with Crippen LogP contribution in [0.25, 0.3) is 0 Å². The molecule has 36 heavy (non-hydrogen) atoms. The monoisotopic (exact) mass is 544 g/mol. The molecule has 12 heteroatoms. The molecule has 1 unspecified atom stereocenters. The summed E-state index contributed by atoms with van der Waals surface area (Å²) in [6.07, 6.45) is 4.33. The lowest BCUT2D eigenvalue weighted by Gasteiger charge is -2.29. The summed E-state index contributed by atoms with van der Waals surface area (Å²) in [4.78, 5) is 12.9. The minimum absolute atomic E-state index is 0.0330. The van der Waals surface area contributed by atoms with Gasteiger partial charge in [0.1, 0.15) is 16.9 Å². The van der Waals surface area contributed by atoms with Gasteiger partial charge < -0.3 is 14.7 Å². The Hall–Kier alpha value is -2.70. The first-order chi connectivity index (χ1) is 17.0. The molecule has 196 valence electrons. The molecule has 1 aliphatic heterocycles. The van der Waals surface area contributed by atoms with Gasteiger partial charge in [0.2, 0.25) is 15.9 Å². The van der Waals surface area contributed by atoms with Crippen LogP contribution in [0.2, 0.25) is 0 Å². The number of anilines is 1. The first-order valence-electron chi connectivity index (χ1n) is 11.1. The molecule has 1 heterocycles. The smallest absolute Gasteiger partial charge is 0.368 e. The van der Waals surface area contributed by atoms with E-state index in [2.05, 4.69) is 0 Å². The Morgan fingerprint density at radius 2 is 1.97 bits per heavy atom. The molecule has 1 N–H and O–H groups in total. The van der Waals surface area contributed by atoms with Gasteiger partial charge in [0.25, 0.3) is 0 Å². The molecule has 2 aromatic carbocycles. The van der Waals surface area contributed by atoms with Gasteiger partial charge in [-0.3, -0.25) is 0 Å². The maximum Gasteiger partial charge on any atom is 0.368 e. The number of carboxylic acids is 1. The molecule has 0 saturated carbocycles. The summed E-state index contributed by atoms with van der Waals surface area (Å²) >= 11 is 1.19. The van der Waals surface area contributed by atoms with Crippen molar-refractivity contribution in [2.45, 2.75) is 48.6 Å². The molecule has 3 rings (SSSR count). The number of rotatable bonds is 9. The maximum absolute atomic E-state index is 13.9. The second-order valence-corrected chi connectivity index (χ2v) is 11.1. The van der Waals surface area contributed by atoms with E-state index in [9.17, 15) is 26.4 Å². The molecule has 2 aromatic rings. The topological polar surface area (TPSA) is 87.1 Å². The van der Waals surface area contributed by atoms with E-state index in [1.54, 1.807) is 17.2 Å². The van der Waals surface area contributed by atoms with Crippen LogP contribution in [-0.4, -0.2) is 49.7 Å². The molecule has 0 radical (unpaired) electrons. The zero-order valence-corrected chi connectivity index (χ0v) is 21.6. The van der Waals surface area contributed by atoms with Gasteiger partial charge in [-0.15, -0.1) is 11.8 Å². The van der Waals surface area contributed by atoms with Crippen LogP contribution >= 0.6 is 11.8 Å². The third-order valence-corrected chi connectivity index (χ3v) is 8.63. The van der Waals surface area contributed by atoms with Crippen LogP contribution in [-0.2, 0) is 21.4 Å². The zero-order valence-electron chi connectivity index (χ0n) is 20.0. The standard InChI is InChI=1S/C24H27F3N2O5S2/c1-4-5-6-16-13-29(12-15-7-8-17(25)18(26)9-15)20-10-22(35-3)21(34-14-19(27)24(30)31)11-23(20)36(32,33)28(16)2/h7-11,14,16H,4-6,12-13H2,1-3H3,(H,30,31)/b19-14-. The Labute approximate surface area is 212 Å². The van der Waals surface area contributed by atoms with E-state index in [1.807, 2.05) is 6.92 Å². The number of aliphatic carboxylic acids is 1. The number of fused-ring (bicyclic) bond motifs is 1. The van der Waals surface area contributed by atoms with Crippen LogP contribution in [0.4, 0.5) is 18.9 Å². The number of ether oxygens (including phenoxy) is 1. The summed E-state index contributed by atoms with van der Waals surface area (Å²) in [5.74, 6) is -5.38. The number of hydrogen-bond donors (Lipinski definition) is 1. The normalized spacial score (nSPS) is 18.0. The molecule has 0 saturated heterocycles. The van der Waals surface area contributed by atoms with Gasteiger partial charge in [-0.2, -0.15) is 8.70 Å². The van der Waals surface area contributed by atoms with Crippen molar-refractivity contribution in [1.82, 2.24) is 4.31 Å². The molecule has 7 nitrogen and oxygen atoms in total. The number of unbranched alkanes of at least 4 members (excludes halogenated alkanes) is 1. The number of thioether (sulfide) groups is 1. The van der Waals surface area contributed by atoms with Crippen LogP contribution < -0.4 is 9.64 Å². The van der Waals surface area contributed by atoms with Gasteiger partial charge >= 0.3 is 5.97 Å². The average molecular weight is 545 g/mol. The number of carbonyl (C=O) groups is 1. The van der Waals surface area contributed by atoms with Crippen molar-refractivity contribution < 1.29 is 36.2 Å². The number of hydrogen-bond acceptors (Lipinski definition) is 6. The van der Waals surface area contributed by atoms with Crippen molar-refractivity contribution in [2.24, 2.45) is 0 Å². The Kier molecular flexibility index (Phi) is 8.96. The highest BCUT2D eigenvalue weighted by Crippen LogP contribution is 2.41. The quantitative estimate of drug-likeness (QED) is 0.265. The van der Waals surface area contributed by atoms with E-state index < -0.39 is 39.5 Å². The number of carboxylic acid groups (broad SMARTS) is 1. The number of sulfonamides is 1. The molecule has 0 aliphatic carbocycles. The summed E-state index contributed by atoms with van der Waals surface area (Å²) < 4.78 is 74.7. The maximum atomic E-state index is 13.9. The Bertz CT molecular complexity index is 1270. The highest BCUT2D eigenvalue weighted by atomic mass is 32.2. The summed E-state index contributed by atoms with van der Waals surface area (Å²) in [6.45, 7) is 2.40. The van der Waals surface area contributed by atoms with Gasteiger partial charge in [0, 0.05) is 32.2 Å². The van der Waals surface area contributed by atoms with E-state index in [1.165, 1.54) is 35.2 Å². The van der Waals surface area contributed by atoms with Crippen molar-refractivity contribution in [3.8, 4) is 5.75 Å². The van der Waals surface area contributed by atoms with Gasteiger partial charge in [-0.1, -0.05) is 25.8 Å². The van der Waals surface area contributed by atoms with Crippen LogP contribution in [0.1, 0.15) is 31.7 Å². The van der Waals surface area contributed by atoms with Crippen LogP contribution in [0.5, 0.6) is 5.75 Å². The second-order valence-electron chi connectivity index (χ2n) is 8.31. The van der Waals surface area contributed by atoms with Gasteiger partial charge in [0.15, 0.2) is 11.6 Å². The van der Waals surface area contributed by atoms with Crippen molar-refractivity contribution in [3.63, 3.8) is 0 Å². The van der Waals surface area contributed by atoms with Crippen LogP contribution in [0.15, 0.2) is 52.2 Å².